The molecule has 1 aromatic heterocycles. The number of likely N-dealkylation sites (N-methyl/N-ethyl adjacent to an activating group) is 1. The van der Waals surface area contributed by atoms with E-state index in [0.717, 1.165) is 11.1 Å². The molecule has 0 saturated heterocycles. The lowest BCUT2D eigenvalue weighted by atomic mass is 10.1. The molecule has 3 aromatic rings. The molecule has 2 aromatic carbocycles. The van der Waals surface area contributed by atoms with E-state index in [1.807, 2.05) is 12.1 Å². The Morgan fingerprint density at radius 3 is 2.58 bits per heavy atom. The molecule has 0 radical (unpaired) electrons. The average molecular weight is 351 g/mol. The van der Waals surface area contributed by atoms with Gasteiger partial charge in [0.15, 0.2) is 6.61 Å². The number of rotatable bonds is 6. The monoisotopic (exact) mass is 351 g/mol. The summed E-state index contributed by atoms with van der Waals surface area (Å²) in [5.41, 5.74) is 4.33. The lowest BCUT2D eigenvalue weighted by Gasteiger charge is -2.19. The first-order valence-corrected chi connectivity index (χ1v) is 8.32. The number of hydrogen-bond donors (Lipinski definition) is 0. The van der Waals surface area contributed by atoms with E-state index in [1.54, 1.807) is 24.1 Å². The molecule has 1 heterocycles. The van der Waals surface area contributed by atoms with Gasteiger partial charge in [0.1, 0.15) is 5.75 Å². The van der Waals surface area contributed by atoms with E-state index in [1.165, 1.54) is 17.5 Å². The molecule has 0 atom stereocenters. The van der Waals surface area contributed by atoms with Crippen LogP contribution in [0.3, 0.4) is 0 Å². The maximum absolute atomic E-state index is 12.3. The van der Waals surface area contributed by atoms with Gasteiger partial charge < -0.3 is 14.1 Å². The fourth-order valence-electron chi connectivity index (χ4n) is 2.61. The molecule has 1 amide bonds. The Hall–Kier alpha value is -3.15. The summed E-state index contributed by atoms with van der Waals surface area (Å²) in [5.74, 6) is 0.980. The lowest BCUT2D eigenvalue weighted by Crippen LogP contribution is -2.31. The predicted octanol–water partition coefficient (Wildman–Crippen LogP) is 3.39. The molecule has 0 saturated carbocycles. The molecule has 134 valence electrons. The lowest BCUT2D eigenvalue weighted by molar-refractivity contribution is -0.132. The molecule has 3 rings (SSSR count). The van der Waals surface area contributed by atoms with Crippen molar-refractivity contribution in [1.82, 2.24) is 15.1 Å². The van der Waals surface area contributed by atoms with Gasteiger partial charge in [-0.15, -0.1) is 10.2 Å². The molecule has 0 bridgehead atoms. The van der Waals surface area contributed by atoms with Crippen molar-refractivity contribution < 1.29 is 13.9 Å². The summed E-state index contributed by atoms with van der Waals surface area (Å²) >= 11 is 0. The second kappa shape index (κ2) is 7.82. The third-order valence-electron chi connectivity index (χ3n) is 4.15. The number of amides is 1. The van der Waals surface area contributed by atoms with Gasteiger partial charge in [-0.05, 0) is 49.2 Å². The highest BCUT2D eigenvalue weighted by atomic mass is 16.5. The van der Waals surface area contributed by atoms with Gasteiger partial charge in [0.25, 0.3) is 5.91 Å². The second-order valence-electron chi connectivity index (χ2n) is 6.24. The van der Waals surface area contributed by atoms with Crippen LogP contribution in [0.15, 0.2) is 53.3 Å². The number of aryl methyl sites for hydroxylation is 2. The number of benzene rings is 2. The minimum atomic E-state index is -0.0778. The van der Waals surface area contributed by atoms with Crippen molar-refractivity contribution in [3.63, 3.8) is 0 Å². The summed E-state index contributed by atoms with van der Waals surface area (Å²) in [6, 6.07) is 13.4. The molecule has 0 spiro atoms. The van der Waals surface area contributed by atoms with Crippen LogP contribution in [0.1, 0.15) is 16.7 Å². The smallest absolute Gasteiger partial charge is 0.260 e. The maximum atomic E-state index is 12.3. The van der Waals surface area contributed by atoms with Gasteiger partial charge in [0.2, 0.25) is 12.3 Å². The molecular formula is C20H21N3O3. The first-order chi connectivity index (χ1) is 12.5. The molecule has 26 heavy (non-hydrogen) atoms. The maximum Gasteiger partial charge on any atom is 0.260 e. The molecule has 0 aliphatic rings. The highest BCUT2D eigenvalue weighted by Gasteiger charge is 2.12. The van der Waals surface area contributed by atoms with Crippen LogP contribution in [-0.4, -0.2) is 34.7 Å². The zero-order valence-electron chi connectivity index (χ0n) is 15.1. The minimum absolute atomic E-state index is 0.0126. The number of hydrogen-bond acceptors (Lipinski definition) is 5. The summed E-state index contributed by atoms with van der Waals surface area (Å²) in [6.07, 6.45) is 1.28. The second-order valence-corrected chi connectivity index (χ2v) is 6.24. The Kier molecular flexibility index (Phi) is 5.31. The first kappa shape index (κ1) is 17.7. The Balaban J connectivity index is 1.54. The summed E-state index contributed by atoms with van der Waals surface area (Å²) in [7, 11) is 1.78. The summed E-state index contributed by atoms with van der Waals surface area (Å²) in [4.78, 5) is 14.0. The fraction of sp³-hybridized carbons (Fsp3) is 0.250. The quantitative estimate of drug-likeness (QED) is 0.681. The number of nitrogens with zero attached hydrogens (tertiary/aromatic N) is 3. The Morgan fingerprint density at radius 1 is 1.15 bits per heavy atom. The standard InChI is InChI=1S/C20H21N3O3/c1-14-4-5-17(15(2)10-14)11-23(3)19(24)12-25-18-8-6-16(7-9-18)20-22-21-13-26-20/h4-10,13H,11-12H2,1-3H3. The Morgan fingerprint density at radius 2 is 1.92 bits per heavy atom. The van der Waals surface area contributed by atoms with Crippen LogP contribution in [0.4, 0.5) is 0 Å². The highest BCUT2D eigenvalue weighted by Crippen LogP contribution is 2.20. The van der Waals surface area contributed by atoms with Gasteiger partial charge in [-0.3, -0.25) is 4.79 Å². The van der Waals surface area contributed by atoms with Crippen molar-refractivity contribution in [3.05, 3.63) is 65.5 Å². The normalized spacial score (nSPS) is 10.6. The van der Waals surface area contributed by atoms with E-state index >= 15 is 0 Å². The number of carbonyl (C=O) groups is 1. The third kappa shape index (κ3) is 4.27. The van der Waals surface area contributed by atoms with Crippen LogP contribution in [-0.2, 0) is 11.3 Å². The number of ether oxygens (including phenoxy) is 1. The van der Waals surface area contributed by atoms with Crippen LogP contribution in [0, 0.1) is 13.8 Å². The topological polar surface area (TPSA) is 68.5 Å². The van der Waals surface area contributed by atoms with E-state index < -0.39 is 0 Å². The Bertz CT molecular complexity index is 874. The fourth-order valence-corrected chi connectivity index (χ4v) is 2.61. The van der Waals surface area contributed by atoms with Crippen LogP contribution in [0.25, 0.3) is 11.5 Å². The van der Waals surface area contributed by atoms with Crippen molar-refractivity contribution in [2.45, 2.75) is 20.4 Å². The van der Waals surface area contributed by atoms with Gasteiger partial charge in [-0.25, -0.2) is 0 Å². The van der Waals surface area contributed by atoms with Crippen LogP contribution in [0.2, 0.25) is 0 Å². The average Bonchev–Trinajstić information content (AvgIpc) is 3.17. The zero-order valence-corrected chi connectivity index (χ0v) is 15.1. The largest absolute Gasteiger partial charge is 0.484 e. The van der Waals surface area contributed by atoms with Crippen molar-refractivity contribution >= 4 is 5.91 Å². The van der Waals surface area contributed by atoms with Crippen molar-refractivity contribution in [2.75, 3.05) is 13.7 Å². The van der Waals surface area contributed by atoms with Crippen LogP contribution < -0.4 is 4.74 Å². The van der Waals surface area contributed by atoms with Crippen molar-refractivity contribution in [1.29, 1.82) is 0 Å². The highest BCUT2D eigenvalue weighted by molar-refractivity contribution is 5.77. The van der Waals surface area contributed by atoms with Gasteiger partial charge in [0, 0.05) is 19.2 Å². The van der Waals surface area contributed by atoms with Crippen molar-refractivity contribution in [3.8, 4) is 17.2 Å². The summed E-state index contributed by atoms with van der Waals surface area (Å²) < 4.78 is 10.7. The van der Waals surface area contributed by atoms with Gasteiger partial charge in [0.05, 0.1) is 0 Å². The van der Waals surface area contributed by atoms with E-state index in [9.17, 15) is 4.79 Å². The van der Waals surface area contributed by atoms with Crippen LogP contribution >= 0.6 is 0 Å². The molecule has 6 heteroatoms. The predicted molar refractivity (Wildman–Crippen MR) is 97.6 cm³/mol. The molecule has 6 nitrogen and oxygen atoms in total. The van der Waals surface area contributed by atoms with Gasteiger partial charge in [-0.2, -0.15) is 0 Å². The summed E-state index contributed by atoms with van der Waals surface area (Å²) in [5, 5.41) is 7.49. The minimum Gasteiger partial charge on any atom is -0.484 e. The van der Waals surface area contributed by atoms with E-state index in [2.05, 4.69) is 42.2 Å². The SMILES string of the molecule is Cc1ccc(CN(C)C(=O)COc2ccc(-c3nnco3)cc2)c(C)c1. The number of aromatic nitrogens is 2. The molecule has 0 aliphatic heterocycles. The molecule has 0 unspecified atom stereocenters. The van der Waals surface area contributed by atoms with Crippen LogP contribution in [0.5, 0.6) is 5.75 Å². The van der Waals surface area contributed by atoms with E-state index in [0.29, 0.717) is 18.2 Å². The first-order valence-electron chi connectivity index (χ1n) is 8.32. The Labute approximate surface area is 152 Å². The van der Waals surface area contributed by atoms with E-state index in [4.69, 9.17) is 9.15 Å². The molecule has 0 N–H and O–H groups in total. The van der Waals surface area contributed by atoms with E-state index in [-0.39, 0.29) is 12.5 Å². The third-order valence-corrected chi connectivity index (χ3v) is 4.15. The van der Waals surface area contributed by atoms with Gasteiger partial charge in [-0.1, -0.05) is 23.8 Å². The van der Waals surface area contributed by atoms with Gasteiger partial charge >= 0.3 is 0 Å². The zero-order chi connectivity index (χ0) is 18.5. The molecule has 0 aliphatic carbocycles. The number of carbonyl (C=O) groups excluding carboxylic acids is 1. The molecular weight excluding hydrogens is 330 g/mol. The molecule has 0 fully saturated rings. The summed E-state index contributed by atoms with van der Waals surface area (Å²) in [6.45, 7) is 4.66. The van der Waals surface area contributed by atoms with Crippen molar-refractivity contribution in [2.24, 2.45) is 0 Å².